The average molecular weight is 310 g/mol. The quantitative estimate of drug-likeness (QED) is 0.416. The molecule has 1 saturated heterocycles. The molecule has 1 aliphatic heterocycles. The largest absolute Gasteiger partial charge is 4.00 e. The molecule has 1 rings (SSSR count). The minimum absolute atomic E-state index is 0. The van der Waals surface area contributed by atoms with Crippen molar-refractivity contribution in [2.24, 2.45) is 0 Å². The topological polar surface area (TPSA) is 103 Å². The first-order valence-electron chi connectivity index (χ1n) is 2.89. The van der Waals surface area contributed by atoms with Crippen molar-refractivity contribution >= 4 is 50.0 Å². The zero-order valence-electron chi connectivity index (χ0n) is 6.89. The summed E-state index contributed by atoms with van der Waals surface area (Å²) in [6, 6.07) is 0. The molecule has 0 saturated carbocycles. The summed E-state index contributed by atoms with van der Waals surface area (Å²) in [5.74, 6) is 0. The Balaban J connectivity index is -0.000000333. The molecule has 1 aliphatic rings. The van der Waals surface area contributed by atoms with Crippen molar-refractivity contribution in [1.29, 1.82) is 0 Å². The van der Waals surface area contributed by atoms with Gasteiger partial charge in [0.1, 0.15) is 0 Å². The summed E-state index contributed by atoms with van der Waals surface area (Å²) >= 11 is 0. The standard InChI is InChI=1S/H10O5Si5.2O.Ti/c1-6-2-8-4-10-5-9-3-7-1;;;/h6-10H2;;;/q;2*-2;+4. The van der Waals surface area contributed by atoms with Gasteiger partial charge >= 0.3 is 21.7 Å². The minimum atomic E-state index is -0.724. The Bertz CT molecular complexity index is 50.1. The van der Waals surface area contributed by atoms with Gasteiger partial charge < -0.3 is 31.5 Å². The first-order valence-corrected chi connectivity index (χ1v) is 8.66. The molecule has 1 heterocycles. The van der Waals surface area contributed by atoms with Crippen LogP contribution in [0.5, 0.6) is 0 Å². The summed E-state index contributed by atoms with van der Waals surface area (Å²) < 4.78 is 25.8. The van der Waals surface area contributed by atoms with Crippen LogP contribution in [0.15, 0.2) is 0 Å². The summed E-state index contributed by atoms with van der Waals surface area (Å²) in [5.41, 5.74) is 0. The molecule has 76 valence electrons. The molecule has 0 spiro atoms. The zero-order valence-corrected chi connectivity index (χ0v) is 15.5. The van der Waals surface area contributed by atoms with Crippen LogP contribution >= 0.6 is 0 Å². The van der Waals surface area contributed by atoms with Gasteiger partial charge in [-0.15, -0.1) is 0 Å². The van der Waals surface area contributed by atoms with Crippen LogP contribution < -0.4 is 0 Å². The molecule has 0 aliphatic carbocycles. The van der Waals surface area contributed by atoms with E-state index in [0.29, 0.717) is 0 Å². The predicted molar refractivity (Wildman–Crippen MR) is 49.5 cm³/mol. The number of hydrogen-bond acceptors (Lipinski definition) is 5. The predicted octanol–water partition coefficient (Wildman–Crippen LogP) is -5.16. The van der Waals surface area contributed by atoms with Crippen LogP contribution in [0.2, 0.25) is 0 Å². The Kier molecular flexibility index (Phi) is 24.6. The first-order chi connectivity index (χ1) is 5.00. The zero-order chi connectivity index (χ0) is 7.07. The molecule has 0 atom stereocenters. The normalized spacial score (nSPS) is 27.7. The maximum atomic E-state index is 5.17. The summed E-state index contributed by atoms with van der Waals surface area (Å²) in [5, 5.41) is 0. The molecule has 0 aromatic rings. The van der Waals surface area contributed by atoms with E-state index in [0.717, 1.165) is 0 Å². The van der Waals surface area contributed by atoms with E-state index in [2.05, 4.69) is 0 Å². The Morgan fingerprint density at radius 3 is 0.769 bits per heavy atom. The van der Waals surface area contributed by atoms with E-state index in [4.69, 9.17) is 20.6 Å². The third kappa shape index (κ3) is 13.5. The smallest absolute Gasteiger partial charge is 2.00 e. The van der Waals surface area contributed by atoms with Gasteiger partial charge in [-0.2, -0.15) is 0 Å². The van der Waals surface area contributed by atoms with Crippen molar-refractivity contribution in [3.63, 3.8) is 0 Å². The van der Waals surface area contributed by atoms with Crippen molar-refractivity contribution in [2.45, 2.75) is 0 Å². The summed E-state index contributed by atoms with van der Waals surface area (Å²) in [7, 11) is -3.62. The van der Waals surface area contributed by atoms with E-state index in [-0.39, 0.29) is 32.7 Å². The second-order valence-electron chi connectivity index (χ2n) is 1.61. The molecule has 7 nitrogen and oxygen atoms in total. The van der Waals surface area contributed by atoms with E-state index in [1.54, 1.807) is 0 Å². The van der Waals surface area contributed by atoms with E-state index < -0.39 is 50.0 Å². The molecule has 0 amide bonds. The molecule has 0 unspecified atom stereocenters. The number of rotatable bonds is 0. The van der Waals surface area contributed by atoms with Crippen LogP contribution in [-0.4, -0.2) is 50.0 Å². The summed E-state index contributed by atoms with van der Waals surface area (Å²) in [4.78, 5) is 0. The van der Waals surface area contributed by atoms with Crippen LogP contribution in [0.1, 0.15) is 0 Å². The molecule has 0 N–H and O–H groups in total. The van der Waals surface area contributed by atoms with Crippen molar-refractivity contribution in [1.82, 2.24) is 0 Å². The second-order valence-corrected chi connectivity index (χ2v) is 11.0. The van der Waals surface area contributed by atoms with Gasteiger partial charge in [0.05, 0.1) is 0 Å². The Labute approximate surface area is 103 Å². The molecule has 1 fully saturated rings. The van der Waals surface area contributed by atoms with Gasteiger partial charge in [0, 0.05) is 0 Å². The Morgan fingerprint density at radius 2 is 0.615 bits per heavy atom. The monoisotopic (exact) mass is 310 g/mol. The van der Waals surface area contributed by atoms with Crippen molar-refractivity contribution in [2.75, 3.05) is 0 Å². The molecule has 0 aromatic heterocycles. The molecule has 0 bridgehead atoms. The van der Waals surface area contributed by atoms with Crippen LogP contribution in [0.25, 0.3) is 0 Å². The number of hydrogen-bond donors (Lipinski definition) is 0. The van der Waals surface area contributed by atoms with E-state index >= 15 is 0 Å². The summed E-state index contributed by atoms with van der Waals surface area (Å²) in [6.07, 6.45) is 0. The van der Waals surface area contributed by atoms with Crippen LogP contribution in [-0.2, 0) is 53.2 Å². The molecule has 13 heavy (non-hydrogen) atoms. The third-order valence-corrected chi connectivity index (χ3v) is 7.50. The van der Waals surface area contributed by atoms with E-state index in [1.807, 2.05) is 0 Å². The maximum absolute atomic E-state index is 5.17. The molecule has 13 heteroatoms. The Morgan fingerprint density at radius 1 is 0.462 bits per heavy atom. The van der Waals surface area contributed by atoms with Crippen molar-refractivity contribution in [3.05, 3.63) is 0 Å². The fourth-order valence-electron chi connectivity index (χ4n) is 0.465. The second kappa shape index (κ2) is 16.0. The first kappa shape index (κ1) is 20.0. The van der Waals surface area contributed by atoms with Crippen LogP contribution in [0.3, 0.4) is 0 Å². The molecule has 0 radical (unpaired) electrons. The van der Waals surface area contributed by atoms with Crippen LogP contribution in [0.4, 0.5) is 0 Å². The summed E-state index contributed by atoms with van der Waals surface area (Å²) in [6.45, 7) is 0. The van der Waals surface area contributed by atoms with E-state index in [9.17, 15) is 0 Å². The molecular weight excluding hydrogens is 300 g/mol. The van der Waals surface area contributed by atoms with Gasteiger partial charge in [-0.3, -0.25) is 0 Å². The van der Waals surface area contributed by atoms with Gasteiger partial charge in [-0.05, 0) is 0 Å². The van der Waals surface area contributed by atoms with Gasteiger partial charge in [-0.1, -0.05) is 0 Å². The fraction of sp³-hybridized carbons (Fsp3) is 0. The Hall–Kier alpha value is 1.52. The fourth-order valence-corrected chi connectivity index (χ4v) is 9.49. The van der Waals surface area contributed by atoms with Gasteiger partial charge in [-0.25, -0.2) is 0 Å². The SMILES string of the molecule is O1[SiH2]O[SiH2]O[SiH2]O[SiH2]O[SiH2]1.[O-2].[O-2].[Ti+4]. The maximum Gasteiger partial charge on any atom is 4.00 e. The molecular formula is H10O7Si5Ti. The minimum Gasteiger partial charge on any atom is -2.00 e. The third-order valence-electron chi connectivity index (χ3n) is 0.833. The average Bonchev–Trinajstić information content (AvgIpc) is 2.01. The molecule has 0 aromatic carbocycles. The van der Waals surface area contributed by atoms with Crippen molar-refractivity contribution < 1.29 is 53.2 Å². The van der Waals surface area contributed by atoms with Gasteiger partial charge in [0.15, 0.2) is 0 Å². The van der Waals surface area contributed by atoms with E-state index in [1.165, 1.54) is 0 Å². The van der Waals surface area contributed by atoms with Gasteiger partial charge in [0.25, 0.3) is 50.0 Å². The van der Waals surface area contributed by atoms with Gasteiger partial charge in [0.2, 0.25) is 0 Å². The van der Waals surface area contributed by atoms with Crippen LogP contribution in [0, 0.1) is 0 Å². The van der Waals surface area contributed by atoms with Crippen molar-refractivity contribution in [3.8, 4) is 0 Å².